The van der Waals surface area contributed by atoms with Crippen molar-refractivity contribution in [2.75, 3.05) is 0 Å². The van der Waals surface area contributed by atoms with E-state index in [4.69, 9.17) is 17.4 Å². The highest BCUT2D eigenvalue weighted by molar-refractivity contribution is 6.31. The van der Waals surface area contributed by atoms with Crippen LogP contribution < -0.4 is 11.3 Å². The number of hydrogen-bond donors (Lipinski definition) is 2. The van der Waals surface area contributed by atoms with Crippen molar-refractivity contribution in [1.82, 2.24) is 25.2 Å². The summed E-state index contributed by atoms with van der Waals surface area (Å²) in [5.74, 6) is 5.62. The maximum absolute atomic E-state index is 6.18. The molecule has 0 spiro atoms. The van der Waals surface area contributed by atoms with Gasteiger partial charge in [-0.1, -0.05) is 18.5 Å². The van der Waals surface area contributed by atoms with Gasteiger partial charge in [0, 0.05) is 12.7 Å². The van der Waals surface area contributed by atoms with Crippen molar-refractivity contribution in [3.05, 3.63) is 41.2 Å². The van der Waals surface area contributed by atoms with Crippen LogP contribution in [0.2, 0.25) is 5.02 Å². The molecule has 0 bridgehead atoms. The normalized spacial score (nSPS) is 12.6. The lowest BCUT2D eigenvalue weighted by molar-refractivity contribution is 0.514. The zero-order valence-electron chi connectivity index (χ0n) is 10.0. The number of aromatic nitrogens is 4. The molecule has 7 heteroatoms. The Morgan fingerprint density at radius 3 is 3.00 bits per heavy atom. The van der Waals surface area contributed by atoms with Gasteiger partial charge in [-0.25, -0.2) is 15.4 Å². The molecule has 2 heterocycles. The number of nitrogens with one attached hydrogen (secondary N) is 1. The van der Waals surface area contributed by atoms with Crippen LogP contribution in [0, 0.1) is 0 Å². The van der Waals surface area contributed by atoms with Crippen molar-refractivity contribution in [2.24, 2.45) is 5.84 Å². The average Bonchev–Trinajstić information content (AvgIpc) is 2.75. The summed E-state index contributed by atoms with van der Waals surface area (Å²) in [4.78, 5) is 8.08. The monoisotopic (exact) mass is 266 g/mol. The molecule has 0 saturated heterocycles. The molecule has 0 aromatic carbocycles. The van der Waals surface area contributed by atoms with Gasteiger partial charge in [-0.3, -0.25) is 10.5 Å². The SMILES string of the molecule is CCCn1ncc(Cl)c1C(NN)c1ccncn1. The van der Waals surface area contributed by atoms with Crippen LogP contribution in [0.3, 0.4) is 0 Å². The molecule has 3 N–H and O–H groups in total. The Labute approximate surface area is 110 Å². The Morgan fingerprint density at radius 1 is 1.56 bits per heavy atom. The predicted octanol–water partition coefficient (Wildman–Crippen LogP) is 1.29. The third-order valence-corrected chi connectivity index (χ3v) is 2.90. The summed E-state index contributed by atoms with van der Waals surface area (Å²) in [7, 11) is 0. The molecule has 1 unspecified atom stereocenters. The molecule has 0 aliphatic carbocycles. The molecule has 0 aliphatic rings. The van der Waals surface area contributed by atoms with E-state index in [1.54, 1.807) is 18.5 Å². The minimum absolute atomic E-state index is 0.297. The highest BCUT2D eigenvalue weighted by atomic mass is 35.5. The molecule has 0 amide bonds. The molecular formula is C11H15ClN6. The van der Waals surface area contributed by atoms with Crippen molar-refractivity contribution in [3.8, 4) is 0 Å². The van der Waals surface area contributed by atoms with Gasteiger partial charge in [0.25, 0.3) is 0 Å². The highest BCUT2D eigenvalue weighted by Gasteiger charge is 2.21. The third kappa shape index (κ3) is 2.50. The summed E-state index contributed by atoms with van der Waals surface area (Å²) in [5, 5.41) is 4.82. The van der Waals surface area contributed by atoms with Gasteiger partial charge in [-0.2, -0.15) is 5.10 Å². The van der Waals surface area contributed by atoms with E-state index in [9.17, 15) is 0 Å². The first-order valence-electron chi connectivity index (χ1n) is 5.71. The zero-order chi connectivity index (χ0) is 13.0. The number of hydrogen-bond acceptors (Lipinski definition) is 5. The molecule has 2 aromatic heterocycles. The summed E-state index contributed by atoms with van der Waals surface area (Å²) in [5.41, 5.74) is 4.30. The molecular weight excluding hydrogens is 252 g/mol. The van der Waals surface area contributed by atoms with Gasteiger partial charge in [0.15, 0.2) is 0 Å². The molecule has 6 nitrogen and oxygen atoms in total. The molecule has 0 radical (unpaired) electrons. The van der Waals surface area contributed by atoms with Gasteiger partial charge in [0.1, 0.15) is 12.4 Å². The van der Waals surface area contributed by atoms with Crippen LogP contribution in [0.25, 0.3) is 0 Å². The second-order valence-corrected chi connectivity index (χ2v) is 4.24. The molecule has 96 valence electrons. The van der Waals surface area contributed by atoms with Crippen LogP contribution >= 0.6 is 11.6 Å². The smallest absolute Gasteiger partial charge is 0.115 e. The first-order chi connectivity index (χ1) is 8.77. The lowest BCUT2D eigenvalue weighted by atomic mass is 10.1. The van der Waals surface area contributed by atoms with E-state index >= 15 is 0 Å². The molecule has 2 aromatic rings. The Balaban J connectivity index is 2.41. The van der Waals surface area contributed by atoms with E-state index in [0.29, 0.717) is 5.02 Å². The molecule has 18 heavy (non-hydrogen) atoms. The Kier molecular flexibility index (Phi) is 4.24. The fourth-order valence-corrected chi connectivity index (χ4v) is 2.08. The minimum atomic E-state index is -0.297. The number of aryl methyl sites for hydroxylation is 1. The zero-order valence-corrected chi connectivity index (χ0v) is 10.8. The van der Waals surface area contributed by atoms with Gasteiger partial charge in [0.2, 0.25) is 0 Å². The molecule has 2 rings (SSSR count). The van der Waals surface area contributed by atoms with E-state index in [1.165, 1.54) is 6.33 Å². The van der Waals surface area contributed by atoms with Gasteiger partial charge in [0.05, 0.1) is 22.6 Å². The van der Waals surface area contributed by atoms with Crippen LogP contribution in [0.15, 0.2) is 24.8 Å². The summed E-state index contributed by atoms with van der Waals surface area (Å²) in [6.07, 6.45) is 5.74. The van der Waals surface area contributed by atoms with Crippen molar-refractivity contribution in [1.29, 1.82) is 0 Å². The number of hydrazine groups is 1. The standard InChI is InChI=1S/C11H15ClN6/c1-2-5-18-11(8(12)6-16-18)10(17-13)9-3-4-14-7-15-9/h3-4,6-7,10,17H,2,5,13H2,1H3. The van der Waals surface area contributed by atoms with Crippen molar-refractivity contribution >= 4 is 11.6 Å². The van der Waals surface area contributed by atoms with E-state index < -0.39 is 0 Å². The lowest BCUT2D eigenvalue weighted by Gasteiger charge is -2.17. The fourth-order valence-electron chi connectivity index (χ4n) is 1.82. The van der Waals surface area contributed by atoms with E-state index in [-0.39, 0.29) is 6.04 Å². The fraction of sp³-hybridized carbons (Fsp3) is 0.364. The molecule has 0 saturated carbocycles. The first kappa shape index (κ1) is 12.9. The van der Waals surface area contributed by atoms with Crippen molar-refractivity contribution < 1.29 is 0 Å². The maximum Gasteiger partial charge on any atom is 0.115 e. The number of nitrogens with two attached hydrogens (primary N) is 1. The number of rotatable bonds is 5. The van der Waals surface area contributed by atoms with E-state index in [1.807, 2.05) is 4.68 Å². The Bertz CT molecular complexity index is 497. The predicted molar refractivity (Wildman–Crippen MR) is 68.7 cm³/mol. The Hall–Kier alpha value is -1.50. The van der Waals surface area contributed by atoms with E-state index in [2.05, 4.69) is 27.4 Å². The topological polar surface area (TPSA) is 81.7 Å². The lowest BCUT2D eigenvalue weighted by Crippen LogP contribution is -2.31. The Morgan fingerprint density at radius 2 is 2.39 bits per heavy atom. The second-order valence-electron chi connectivity index (χ2n) is 3.83. The van der Waals surface area contributed by atoms with Gasteiger partial charge >= 0.3 is 0 Å². The maximum atomic E-state index is 6.18. The minimum Gasteiger partial charge on any atom is -0.270 e. The molecule has 0 fully saturated rings. The van der Waals surface area contributed by atoms with Gasteiger partial charge in [-0.15, -0.1) is 0 Å². The van der Waals surface area contributed by atoms with Crippen LogP contribution in [0.1, 0.15) is 30.8 Å². The summed E-state index contributed by atoms with van der Waals surface area (Å²) in [6, 6.07) is 1.50. The van der Waals surface area contributed by atoms with Gasteiger partial charge < -0.3 is 0 Å². The van der Waals surface area contributed by atoms with Crippen molar-refractivity contribution in [2.45, 2.75) is 25.9 Å². The first-order valence-corrected chi connectivity index (χ1v) is 6.09. The third-order valence-electron chi connectivity index (χ3n) is 2.61. The molecule has 0 aliphatic heterocycles. The number of halogens is 1. The summed E-state index contributed by atoms with van der Waals surface area (Å²) >= 11 is 6.18. The van der Waals surface area contributed by atoms with Crippen LogP contribution in [-0.2, 0) is 6.54 Å². The van der Waals surface area contributed by atoms with Crippen LogP contribution in [0.5, 0.6) is 0 Å². The summed E-state index contributed by atoms with van der Waals surface area (Å²) in [6.45, 7) is 2.86. The van der Waals surface area contributed by atoms with Crippen molar-refractivity contribution in [3.63, 3.8) is 0 Å². The largest absolute Gasteiger partial charge is 0.270 e. The quantitative estimate of drug-likeness (QED) is 0.630. The van der Waals surface area contributed by atoms with Gasteiger partial charge in [-0.05, 0) is 12.5 Å². The van der Waals surface area contributed by atoms with Crippen LogP contribution in [-0.4, -0.2) is 19.7 Å². The molecule has 1 atom stereocenters. The number of nitrogens with zero attached hydrogens (tertiary/aromatic N) is 4. The highest BCUT2D eigenvalue weighted by Crippen LogP contribution is 2.26. The average molecular weight is 267 g/mol. The van der Waals surface area contributed by atoms with E-state index in [0.717, 1.165) is 24.4 Å². The summed E-state index contributed by atoms with van der Waals surface area (Å²) < 4.78 is 1.84. The van der Waals surface area contributed by atoms with Crippen LogP contribution in [0.4, 0.5) is 0 Å². The second kappa shape index (κ2) is 5.90.